The van der Waals surface area contributed by atoms with Crippen LogP contribution in [0.25, 0.3) is 17.0 Å². The Balaban J connectivity index is 0.000000210. The molecule has 0 saturated carbocycles. The van der Waals surface area contributed by atoms with E-state index >= 15 is 0 Å². The fraction of sp³-hybridized carbons (Fsp3) is 0.417. The van der Waals surface area contributed by atoms with Gasteiger partial charge in [0, 0.05) is 35.7 Å². The van der Waals surface area contributed by atoms with Crippen molar-refractivity contribution in [1.82, 2.24) is 14.5 Å². The van der Waals surface area contributed by atoms with Gasteiger partial charge in [0.1, 0.15) is 30.7 Å². The summed E-state index contributed by atoms with van der Waals surface area (Å²) in [4.78, 5) is 8.19. The number of hydrogen-bond acceptors (Lipinski definition) is 6. The van der Waals surface area contributed by atoms with Crippen molar-refractivity contribution in [2.75, 3.05) is 0 Å². The van der Waals surface area contributed by atoms with Crippen molar-refractivity contribution < 1.29 is 20.1 Å². The molecule has 3 N–H and O–H groups in total. The van der Waals surface area contributed by atoms with Gasteiger partial charge in [0.05, 0.1) is 6.10 Å². The van der Waals surface area contributed by atoms with Crippen molar-refractivity contribution in [3.05, 3.63) is 65.4 Å². The first-order valence-electron chi connectivity index (χ1n) is 10.4. The Morgan fingerprint density at radius 3 is 2.35 bits per heavy atom. The van der Waals surface area contributed by atoms with Crippen LogP contribution in [0.4, 0.5) is 0 Å². The summed E-state index contributed by atoms with van der Waals surface area (Å²) in [5, 5.41) is 31.2. The Morgan fingerprint density at radius 2 is 1.77 bits per heavy atom. The van der Waals surface area contributed by atoms with E-state index in [9.17, 15) is 15.3 Å². The number of allylic oxidation sites excluding steroid dienone is 1. The maximum absolute atomic E-state index is 10.4. The molecule has 0 unspecified atom stereocenters. The molecule has 0 radical (unpaired) electrons. The predicted molar refractivity (Wildman–Crippen MR) is 120 cm³/mol. The van der Waals surface area contributed by atoms with Crippen LogP contribution in [0.15, 0.2) is 42.9 Å². The van der Waals surface area contributed by atoms with Crippen molar-refractivity contribution >= 4 is 17.0 Å². The highest BCUT2D eigenvalue weighted by Gasteiger charge is 2.44. The number of hydrogen-bond donors (Lipinski definition) is 3. The van der Waals surface area contributed by atoms with Gasteiger partial charge in [-0.3, -0.25) is 0 Å². The molecule has 1 aromatic carbocycles. The van der Waals surface area contributed by atoms with Gasteiger partial charge in [-0.1, -0.05) is 24.3 Å². The molecule has 3 heterocycles. The summed E-state index contributed by atoms with van der Waals surface area (Å²) in [6.45, 7) is 7.65. The van der Waals surface area contributed by atoms with Gasteiger partial charge in [-0.05, 0) is 50.8 Å². The molecular formula is C24H31N3O4. The quantitative estimate of drug-likeness (QED) is 0.597. The maximum Gasteiger partial charge on any atom is 0.116 e. The lowest BCUT2D eigenvalue weighted by Gasteiger charge is -2.21. The number of aliphatic hydroxyl groups excluding tert-OH is 3. The molecule has 2 aromatic heterocycles. The van der Waals surface area contributed by atoms with E-state index in [0.717, 1.165) is 27.9 Å². The van der Waals surface area contributed by atoms with E-state index in [0.29, 0.717) is 5.56 Å². The Kier molecular flexibility index (Phi) is 7.23. The van der Waals surface area contributed by atoms with Crippen molar-refractivity contribution in [2.24, 2.45) is 7.05 Å². The smallest absolute Gasteiger partial charge is 0.116 e. The third kappa shape index (κ3) is 4.85. The average molecular weight is 426 g/mol. The standard InChI is InChI=1S/C15H19NO4.C9H12N2/c1-8-12(17)14(19)15(20-8)13(18)10-4-3-9-5-6-16(2)11(9)7-10;1-4-5-9-7(2)10-6-11-8(9)3/h3-8,12-15,17-19H,1-2H3;4-6H,1-3H3/b;5-4-/t8-,12-,13+,14-,15+;/m0./s1. The number of fused-ring (bicyclic) bond motifs is 1. The Labute approximate surface area is 182 Å². The molecule has 7 heteroatoms. The summed E-state index contributed by atoms with van der Waals surface area (Å²) < 4.78 is 7.44. The Hall–Kier alpha value is -2.58. The highest BCUT2D eigenvalue weighted by molar-refractivity contribution is 5.80. The molecular weight excluding hydrogens is 394 g/mol. The minimum Gasteiger partial charge on any atom is -0.388 e. The number of aliphatic hydroxyl groups is 3. The average Bonchev–Trinajstić information content (AvgIpc) is 3.25. The number of nitrogens with zero attached hydrogens (tertiary/aromatic N) is 3. The minimum atomic E-state index is -1.08. The second-order valence-corrected chi connectivity index (χ2v) is 7.93. The van der Waals surface area contributed by atoms with E-state index in [2.05, 4.69) is 9.97 Å². The zero-order valence-electron chi connectivity index (χ0n) is 18.6. The molecule has 0 bridgehead atoms. The minimum absolute atomic E-state index is 0.483. The van der Waals surface area contributed by atoms with Crippen molar-refractivity contribution in [1.29, 1.82) is 0 Å². The zero-order valence-corrected chi connectivity index (χ0v) is 18.6. The van der Waals surface area contributed by atoms with Crippen LogP contribution in [-0.2, 0) is 11.8 Å². The first-order chi connectivity index (χ1) is 14.7. The van der Waals surface area contributed by atoms with E-state index in [1.54, 1.807) is 13.3 Å². The lowest BCUT2D eigenvalue weighted by Crippen LogP contribution is -2.34. The molecule has 1 saturated heterocycles. The van der Waals surface area contributed by atoms with Gasteiger partial charge < -0.3 is 24.6 Å². The van der Waals surface area contributed by atoms with Gasteiger partial charge in [0.2, 0.25) is 0 Å². The van der Waals surface area contributed by atoms with Gasteiger partial charge in [0.15, 0.2) is 0 Å². The van der Waals surface area contributed by atoms with Gasteiger partial charge in [-0.25, -0.2) is 9.97 Å². The van der Waals surface area contributed by atoms with E-state index < -0.39 is 30.5 Å². The molecule has 0 aliphatic carbocycles. The molecule has 0 spiro atoms. The molecule has 7 nitrogen and oxygen atoms in total. The zero-order chi connectivity index (χ0) is 22.7. The fourth-order valence-electron chi connectivity index (χ4n) is 3.81. The summed E-state index contributed by atoms with van der Waals surface area (Å²) in [6, 6.07) is 7.62. The Bertz CT molecular complexity index is 1040. The molecule has 31 heavy (non-hydrogen) atoms. The second-order valence-electron chi connectivity index (χ2n) is 7.93. The predicted octanol–water partition coefficient (Wildman–Crippen LogP) is 2.85. The summed E-state index contributed by atoms with van der Waals surface area (Å²) >= 11 is 0. The molecule has 1 aliphatic heterocycles. The summed E-state index contributed by atoms with van der Waals surface area (Å²) in [7, 11) is 1.94. The van der Waals surface area contributed by atoms with Crippen LogP contribution in [0.3, 0.4) is 0 Å². The molecule has 1 fully saturated rings. The molecule has 0 amide bonds. The topological polar surface area (TPSA) is 101 Å². The first kappa shape index (κ1) is 23.1. The lowest BCUT2D eigenvalue weighted by molar-refractivity contribution is -0.0635. The highest BCUT2D eigenvalue weighted by atomic mass is 16.6. The molecule has 3 aromatic rings. The number of benzene rings is 1. The first-order valence-corrected chi connectivity index (χ1v) is 10.4. The number of aromatic nitrogens is 3. The normalized spacial score (nSPS) is 24.4. The van der Waals surface area contributed by atoms with E-state index in [1.165, 1.54) is 0 Å². The molecule has 1 aliphatic rings. The monoisotopic (exact) mass is 425 g/mol. The third-order valence-electron chi connectivity index (χ3n) is 5.72. The van der Waals surface area contributed by atoms with Crippen LogP contribution in [0, 0.1) is 13.8 Å². The Morgan fingerprint density at radius 1 is 1.10 bits per heavy atom. The summed E-state index contributed by atoms with van der Waals surface area (Å²) in [5.74, 6) is 0. The van der Waals surface area contributed by atoms with Gasteiger partial charge in [-0.15, -0.1) is 0 Å². The highest BCUT2D eigenvalue weighted by Crippen LogP contribution is 2.32. The van der Waals surface area contributed by atoms with Crippen LogP contribution in [0.1, 0.15) is 42.5 Å². The van der Waals surface area contributed by atoms with E-state index in [-0.39, 0.29) is 0 Å². The SMILES string of the molecule is C/C=C\c1c(C)ncnc1C.C[C@@H]1O[C@H]([C@H](O)c2ccc3ccn(C)c3c2)[C@@H](O)[C@H]1O. The van der Waals surface area contributed by atoms with Crippen LogP contribution in [-0.4, -0.2) is 54.3 Å². The number of rotatable bonds is 3. The molecule has 166 valence electrons. The van der Waals surface area contributed by atoms with Gasteiger partial charge in [0.25, 0.3) is 0 Å². The molecule has 4 rings (SSSR count). The van der Waals surface area contributed by atoms with Gasteiger partial charge in [-0.2, -0.15) is 0 Å². The van der Waals surface area contributed by atoms with Crippen molar-refractivity contribution in [3.63, 3.8) is 0 Å². The van der Waals surface area contributed by atoms with Crippen molar-refractivity contribution in [2.45, 2.75) is 58.2 Å². The number of ether oxygens (including phenoxy) is 1. The summed E-state index contributed by atoms with van der Waals surface area (Å²) in [5.41, 5.74) is 4.88. The second kappa shape index (κ2) is 9.70. The third-order valence-corrected chi connectivity index (χ3v) is 5.72. The van der Waals surface area contributed by atoms with Crippen LogP contribution in [0.2, 0.25) is 0 Å². The van der Waals surface area contributed by atoms with Crippen LogP contribution >= 0.6 is 0 Å². The van der Waals surface area contributed by atoms with Crippen LogP contribution < -0.4 is 0 Å². The maximum atomic E-state index is 10.4. The van der Waals surface area contributed by atoms with Crippen molar-refractivity contribution in [3.8, 4) is 0 Å². The number of aryl methyl sites for hydroxylation is 3. The van der Waals surface area contributed by atoms with Crippen LogP contribution in [0.5, 0.6) is 0 Å². The van der Waals surface area contributed by atoms with E-state index in [1.807, 2.05) is 75.0 Å². The summed E-state index contributed by atoms with van der Waals surface area (Å²) in [6.07, 6.45) is 3.27. The largest absolute Gasteiger partial charge is 0.388 e. The van der Waals surface area contributed by atoms with E-state index in [4.69, 9.17) is 4.74 Å². The molecule has 5 atom stereocenters. The fourth-order valence-corrected chi connectivity index (χ4v) is 3.81. The van der Waals surface area contributed by atoms with Gasteiger partial charge >= 0.3 is 0 Å². The lowest BCUT2D eigenvalue weighted by atomic mass is 9.98.